The number of benzene rings is 1. The molecule has 6 heteroatoms. The normalized spacial score (nSPS) is 10.4. The molecule has 1 aromatic carbocycles. The van der Waals surface area contributed by atoms with Crippen molar-refractivity contribution in [2.45, 2.75) is 0 Å². The van der Waals surface area contributed by atoms with Crippen molar-refractivity contribution in [3.05, 3.63) is 50.2 Å². The standard InChI is InChI=1S/C11H6Br2ClFN2/c12-6-3-9(15)11(16-5-6)17-10-2-1-7(14)4-8(10)13/h1-5H,(H,16,17). The predicted octanol–water partition coefficient (Wildman–Crippen LogP) is 5.14. The zero-order valence-electron chi connectivity index (χ0n) is 8.35. The molecule has 0 radical (unpaired) electrons. The van der Waals surface area contributed by atoms with Crippen LogP contribution in [-0.4, -0.2) is 4.98 Å². The number of hydrogen-bond acceptors (Lipinski definition) is 2. The number of anilines is 2. The van der Waals surface area contributed by atoms with Crippen LogP contribution >= 0.6 is 43.5 Å². The highest BCUT2D eigenvalue weighted by Gasteiger charge is 2.07. The summed E-state index contributed by atoms with van der Waals surface area (Å²) < 4.78 is 14.9. The minimum absolute atomic E-state index is 0.163. The summed E-state index contributed by atoms with van der Waals surface area (Å²) in [5.74, 6) is -0.266. The lowest BCUT2D eigenvalue weighted by atomic mass is 10.3. The lowest BCUT2D eigenvalue weighted by Gasteiger charge is -2.08. The molecule has 1 N–H and O–H groups in total. The van der Waals surface area contributed by atoms with E-state index in [1.807, 2.05) is 0 Å². The molecule has 2 rings (SSSR count). The number of rotatable bonds is 2. The summed E-state index contributed by atoms with van der Waals surface area (Å²) in [6.07, 6.45) is 1.52. The predicted molar refractivity (Wildman–Crippen MR) is 74.3 cm³/mol. The van der Waals surface area contributed by atoms with E-state index in [4.69, 9.17) is 11.6 Å². The Morgan fingerprint density at radius 3 is 2.65 bits per heavy atom. The zero-order chi connectivity index (χ0) is 12.4. The van der Waals surface area contributed by atoms with Gasteiger partial charge in [0.15, 0.2) is 11.6 Å². The van der Waals surface area contributed by atoms with Gasteiger partial charge in [-0.2, -0.15) is 0 Å². The van der Waals surface area contributed by atoms with Crippen LogP contribution in [0.15, 0.2) is 39.4 Å². The molecule has 0 saturated heterocycles. The van der Waals surface area contributed by atoms with Crippen LogP contribution in [0.4, 0.5) is 15.9 Å². The van der Waals surface area contributed by atoms with Crippen LogP contribution in [-0.2, 0) is 0 Å². The third kappa shape index (κ3) is 3.18. The zero-order valence-corrected chi connectivity index (χ0v) is 12.3. The van der Waals surface area contributed by atoms with Gasteiger partial charge in [0.2, 0.25) is 0 Å². The first-order valence-electron chi connectivity index (χ1n) is 4.59. The SMILES string of the molecule is Fc1cc(Br)cnc1Nc1ccc(Cl)cc1Br. The van der Waals surface area contributed by atoms with Gasteiger partial charge in [0.1, 0.15) is 0 Å². The highest BCUT2D eigenvalue weighted by Crippen LogP contribution is 2.29. The van der Waals surface area contributed by atoms with Gasteiger partial charge in [0, 0.05) is 20.2 Å². The summed E-state index contributed by atoms with van der Waals surface area (Å²) in [5, 5.41) is 3.49. The molecule has 0 bridgehead atoms. The summed E-state index contributed by atoms with van der Waals surface area (Å²) in [6.45, 7) is 0. The van der Waals surface area contributed by atoms with Crippen LogP contribution in [0.2, 0.25) is 5.02 Å². The van der Waals surface area contributed by atoms with E-state index < -0.39 is 5.82 Å². The van der Waals surface area contributed by atoms with Crippen LogP contribution in [0.1, 0.15) is 0 Å². The van der Waals surface area contributed by atoms with Crippen LogP contribution in [0.5, 0.6) is 0 Å². The first kappa shape index (κ1) is 12.8. The summed E-state index contributed by atoms with van der Waals surface area (Å²) >= 11 is 12.3. The fourth-order valence-corrected chi connectivity index (χ4v) is 2.31. The van der Waals surface area contributed by atoms with E-state index in [1.54, 1.807) is 18.2 Å². The van der Waals surface area contributed by atoms with Gasteiger partial charge in [-0.15, -0.1) is 0 Å². The molecule has 0 amide bonds. The molecule has 0 aliphatic heterocycles. The number of nitrogens with one attached hydrogen (secondary N) is 1. The maximum absolute atomic E-state index is 13.6. The van der Waals surface area contributed by atoms with Crippen LogP contribution in [0, 0.1) is 5.82 Å². The molecule has 1 aromatic heterocycles. The molecule has 0 aliphatic carbocycles. The molecule has 0 saturated carbocycles. The number of aromatic nitrogens is 1. The highest BCUT2D eigenvalue weighted by atomic mass is 79.9. The van der Waals surface area contributed by atoms with Crippen molar-refractivity contribution in [2.24, 2.45) is 0 Å². The number of nitrogens with zero attached hydrogens (tertiary/aromatic N) is 1. The van der Waals surface area contributed by atoms with Gasteiger partial charge in [-0.3, -0.25) is 0 Å². The Balaban J connectivity index is 2.31. The third-order valence-electron chi connectivity index (χ3n) is 1.99. The summed E-state index contributed by atoms with van der Waals surface area (Å²) in [5.41, 5.74) is 0.697. The largest absolute Gasteiger partial charge is 0.337 e. The highest BCUT2D eigenvalue weighted by molar-refractivity contribution is 9.10. The van der Waals surface area contributed by atoms with Crippen molar-refractivity contribution < 1.29 is 4.39 Å². The lowest BCUT2D eigenvalue weighted by molar-refractivity contribution is 0.625. The van der Waals surface area contributed by atoms with Gasteiger partial charge >= 0.3 is 0 Å². The maximum atomic E-state index is 13.6. The average Bonchev–Trinajstić information content (AvgIpc) is 2.25. The second-order valence-corrected chi connectivity index (χ2v) is 5.44. The fourth-order valence-electron chi connectivity index (χ4n) is 1.22. The van der Waals surface area contributed by atoms with Crippen molar-refractivity contribution in [1.29, 1.82) is 0 Å². The number of halogens is 4. The monoisotopic (exact) mass is 378 g/mol. The van der Waals surface area contributed by atoms with E-state index in [9.17, 15) is 4.39 Å². The molecule has 2 nitrogen and oxygen atoms in total. The Morgan fingerprint density at radius 1 is 1.24 bits per heavy atom. The van der Waals surface area contributed by atoms with E-state index in [1.165, 1.54) is 12.3 Å². The van der Waals surface area contributed by atoms with Gasteiger partial charge in [-0.05, 0) is 56.1 Å². The van der Waals surface area contributed by atoms with E-state index in [0.717, 1.165) is 4.47 Å². The van der Waals surface area contributed by atoms with Gasteiger partial charge in [-0.1, -0.05) is 11.6 Å². The van der Waals surface area contributed by atoms with Crippen molar-refractivity contribution in [2.75, 3.05) is 5.32 Å². The molecule has 17 heavy (non-hydrogen) atoms. The van der Waals surface area contributed by atoms with Crippen molar-refractivity contribution in [3.8, 4) is 0 Å². The van der Waals surface area contributed by atoms with Gasteiger partial charge in [-0.25, -0.2) is 9.37 Å². The first-order chi connectivity index (χ1) is 8.06. The van der Waals surface area contributed by atoms with Gasteiger partial charge in [0.05, 0.1) is 5.69 Å². The van der Waals surface area contributed by atoms with Crippen molar-refractivity contribution >= 4 is 55.0 Å². The topological polar surface area (TPSA) is 24.9 Å². The summed E-state index contributed by atoms with van der Waals surface area (Å²) in [6, 6.07) is 6.53. The minimum atomic E-state index is -0.429. The van der Waals surface area contributed by atoms with Crippen LogP contribution in [0.3, 0.4) is 0 Å². The van der Waals surface area contributed by atoms with Crippen LogP contribution < -0.4 is 5.32 Å². The molecule has 0 unspecified atom stereocenters. The Kier molecular flexibility index (Phi) is 4.01. The summed E-state index contributed by atoms with van der Waals surface area (Å²) in [4.78, 5) is 3.95. The second-order valence-electron chi connectivity index (χ2n) is 3.23. The molecule has 0 aliphatic rings. The Bertz CT molecular complexity index is 514. The maximum Gasteiger partial charge on any atom is 0.166 e. The molecule has 1 heterocycles. The number of pyridine rings is 1. The molecule has 0 spiro atoms. The fraction of sp³-hybridized carbons (Fsp3) is 0. The van der Waals surface area contributed by atoms with Crippen molar-refractivity contribution in [1.82, 2.24) is 4.98 Å². The minimum Gasteiger partial charge on any atom is -0.337 e. The summed E-state index contributed by atoms with van der Waals surface area (Å²) in [7, 11) is 0. The lowest BCUT2D eigenvalue weighted by Crippen LogP contribution is -1.97. The Hall–Kier alpha value is -0.650. The van der Waals surface area contributed by atoms with E-state index >= 15 is 0 Å². The van der Waals surface area contributed by atoms with E-state index in [2.05, 4.69) is 42.2 Å². The third-order valence-corrected chi connectivity index (χ3v) is 3.32. The smallest absolute Gasteiger partial charge is 0.166 e. The van der Waals surface area contributed by atoms with Gasteiger partial charge in [0.25, 0.3) is 0 Å². The quantitative estimate of drug-likeness (QED) is 0.780. The Labute approximate surface area is 119 Å². The van der Waals surface area contributed by atoms with E-state index in [0.29, 0.717) is 15.2 Å². The van der Waals surface area contributed by atoms with Crippen LogP contribution in [0.25, 0.3) is 0 Å². The van der Waals surface area contributed by atoms with E-state index in [-0.39, 0.29) is 5.82 Å². The molecular formula is C11H6Br2ClFN2. The number of hydrogen-bond donors (Lipinski definition) is 1. The first-order valence-corrected chi connectivity index (χ1v) is 6.56. The molecule has 0 fully saturated rings. The molecular weight excluding hydrogens is 374 g/mol. The van der Waals surface area contributed by atoms with Crippen molar-refractivity contribution in [3.63, 3.8) is 0 Å². The molecule has 0 atom stereocenters. The van der Waals surface area contributed by atoms with Gasteiger partial charge < -0.3 is 5.32 Å². The molecule has 88 valence electrons. The Morgan fingerprint density at radius 2 is 2.00 bits per heavy atom. The molecule has 2 aromatic rings. The second kappa shape index (κ2) is 5.33. The average molecular weight is 380 g/mol.